The fraction of sp³-hybridized carbons (Fsp3) is 0.471. The third kappa shape index (κ3) is 7.59. The second kappa shape index (κ2) is 12.7. The molecule has 8 heteroatoms. The standard InChI is InChI=1S/C34H44FN3O4/c1-22-27(30(32(39)40)42-33(2,3)4)29(38-19-17-34(5,6)18-20-38)28(31(36-7)37-22)24-10-14-26(15-11-24)41-21-16-23-8-12-25(35)13-9-23/h8-15,30H,16-21H2,1-7H3,(H,36,37)(H,39,40)/t30-/m0/s1. The van der Waals surface area contributed by atoms with Gasteiger partial charge in [0, 0.05) is 43.4 Å². The minimum Gasteiger partial charge on any atom is -0.493 e. The molecular weight excluding hydrogens is 533 g/mol. The topological polar surface area (TPSA) is 83.9 Å². The summed E-state index contributed by atoms with van der Waals surface area (Å²) in [5, 5.41) is 13.7. The maximum atomic E-state index is 13.2. The third-order valence-electron chi connectivity index (χ3n) is 7.74. The normalized spacial score (nSPS) is 15.8. The Kier molecular flexibility index (Phi) is 9.46. The van der Waals surface area contributed by atoms with E-state index in [4.69, 9.17) is 14.5 Å². The predicted molar refractivity (Wildman–Crippen MR) is 166 cm³/mol. The maximum Gasteiger partial charge on any atom is 0.337 e. The van der Waals surface area contributed by atoms with Gasteiger partial charge in [-0.2, -0.15) is 0 Å². The maximum absolute atomic E-state index is 13.2. The number of anilines is 2. The van der Waals surface area contributed by atoms with E-state index in [1.54, 1.807) is 12.1 Å². The Labute approximate surface area is 249 Å². The molecule has 1 fully saturated rings. The van der Waals surface area contributed by atoms with Crippen LogP contribution in [0.5, 0.6) is 5.75 Å². The van der Waals surface area contributed by atoms with Crippen molar-refractivity contribution >= 4 is 17.5 Å². The van der Waals surface area contributed by atoms with Crippen molar-refractivity contribution in [2.75, 3.05) is 37.0 Å². The number of aliphatic carboxylic acids is 1. The van der Waals surface area contributed by atoms with Gasteiger partial charge in [-0.1, -0.05) is 38.1 Å². The summed E-state index contributed by atoms with van der Waals surface area (Å²) in [6.07, 6.45) is 1.46. The van der Waals surface area contributed by atoms with Crippen molar-refractivity contribution in [1.82, 2.24) is 4.98 Å². The number of halogens is 1. The molecule has 226 valence electrons. The van der Waals surface area contributed by atoms with E-state index in [0.717, 1.165) is 48.3 Å². The van der Waals surface area contributed by atoms with Crippen molar-refractivity contribution in [1.29, 1.82) is 0 Å². The minimum absolute atomic E-state index is 0.214. The second-order valence-corrected chi connectivity index (χ2v) is 12.8. The molecule has 0 radical (unpaired) electrons. The fourth-order valence-electron chi connectivity index (χ4n) is 5.38. The third-order valence-corrected chi connectivity index (χ3v) is 7.74. The number of pyridine rings is 1. The summed E-state index contributed by atoms with van der Waals surface area (Å²) in [5.41, 5.74) is 4.36. The van der Waals surface area contributed by atoms with Crippen LogP contribution in [0.2, 0.25) is 0 Å². The van der Waals surface area contributed by atoms with Gasteiger partial charge < -0.3 is 24.8 Å². The average molecular weight is 578 g/mol. The van der Waals surface area contributed by atoms with Crippen LogP contribution in [0, 0.1) is 18.2 Å². The largest absolute Gasteiger partial charge is 0.493 e. The van der Waals surface area contributed by atoms with Gasteiger partial charge in [-0.05, 0) is 81.3 Å². The zero-order chi connectivity index (χ0) is 30.7. The number of hydrogen-bond acceptors (Lipinski definition) is 6. The van der Waals surface area contributed by atoms with Crippen LogP contribution >= 0.6 is 0 Å². The first-order valence-corrected chi connectivity index (χ1v) is 14.6. The van der Waals surface area contributed by atoms with Crippen molar-refractivity contribution in [3.63, 3.8) is 0 Å². The van der Waals surface area contributed by atoms with Crippen LogP contribution < -0.4 is 15.0 Å². The lowest BCUT2D eigenvalue weighted by atomic mass is 9.82. The number of ether oxygens (including phenoxy) is 2. The summed E-state index contributed by atoms with van der Waals surface area (Å²) in [7, 11) is 1.83. The van der Waals surface area contributed by atoms with Gasteiger partial charge in [0.15, 0.2) is 6.10 Å². The van der Waals surface area contributed by atoms with Gasteiger partial charge >= 0.3 is 5.97 Å². The second-order valence-electron chi connectivity index (χ2n) is 12.8. The van der Waals surface area contributed by atoms with Crippen LogP contribution in [-0.2, 0) is 16.0 Å². The van der Waals surface area contributed by atoms with Crippen LogP contribution in [0.15, 0.2) is 48.5 Å². The van der Waals surface area contributed by atoms with Gasteiger partial charge in [0.05, 0.1) is 17.9 Å². The van der Waals surface area contributed by atoms with E-state index in [-0.39, 0.29) is 11.2 Å². The number of aromatic nitrogens is 1. The molecule has 1 aromatic heterocycles. The van der Waals surface area contributed by atoms with Crippen LogP contribution in [0.4, 0.5) is 15.9 Å². The number of nitrogens with zero attached hydrogens (tertiary/aromatic N) is 2. The molecular formula is C34H44FN3O4. The molecule has 3 aromatic rings. The number of piperidine rings is 1. The lowest BCUT2D eigenvalue weighted by Gasteiger charge is -2.41. The molecule has 0 spiro atoms. The molecule has 2 heterocycles. The van der Waals surface area contributed by atoms with E-state index in [2.05, 4.69) is 24.1 Å². The van der Waals surface area contributed by atoms with Crippen LogP contribution in [0.25, 0.3) is 11.1 Å². The Hall–Kier alpha value is -3.65. The number of nitrogens with one attached hydrogen (secondary N) is 1. The summed E-state index contributed by atoms with van der Waals surface area (Å²) >= 11 is 0. The minimum atomic E-state index is -1.18. The zero-order valence-corrected chi connectivity index (χ0v) is 25.9. The van der Waals surface area contributed by atoms with E-state index in [1.165, 1.54) is 12.1 Å². The highest BCUT2D eigenvalue weighted by Crippen LogP contribution is 2.46. The summed E-state index contributed by atoms with van der Waals surface area (Å²) in [6, 6.07) is 14.3. The Morgan fingerprint density at radius 2 is 1.71 bits per heavy atom. The number of benzene rings is 2. The van der Waals surface area contributed by atoms with Gasteiger partial charge in [-0.3, -0.25) is 0 Å². The Balaban J connectivity index is 1.75. The van der Waals surface area contributed by atoms with Gasteiger partial charge in [-0.25, -0.2) is 14.2 Å². The van der Waals surface area contributed by atoms with Crippen molar-refractivity contribution in [2.45, 2.75) is 72.5 Å². The molecule has 2 N–H and O–H groups in total. The molecule has 1 aliphatic heterocycles. The molecule has 0 aliphatic carbocycles. The summed E-state index contributed by atoms with van der Waals surface area (Å²) in [4.78, 5) is 19.9. The van der Waals surface area contributed by atoms with Crippen molar-refractivity contribution in [3.05, 3.63) is 71.2 Å². The molecule has 4 rings (SSSR count). The van der Waals surface area contributed by atoms with Crippen LogP contribution in [-0.4, -0.2) is 48.4 Å². The zero-order valence-electron chi connectivity index (χ0n) is 25.9. The van der Waals surface area contributed by atoms with E-state index in [1.807, 2.05) is 59.0 Å². The molecule has 0 unspecified atom stereocenters. The Bertz CT molecular complexity index is 1370. The summed E-state index contributed by atoms with van der Waals surface area (Å²) in [5.74, 6) is 0.104. The first-order valence-electron chi connectivity index (χ1n) is 14.6. The molecule has 1 saturated heterocycles. The molecule has 1 atom stereocenters. The van der Waals surface area contributed by atoms with E-state index in [0.29, 0.717) is 35.9 Å². The Morgan fingerprint density at radius 1 is 1.10 bits per heavy atom. The van der Waals surface area contributed by atoms with Crippen LogP contribution in [0.3, 0.4) is 0 Å². The number of hydrogen-bond donors (Lipinski definition) is 2. The predicted octanol–water partition coefficient (Wildman–Crippen LogP) is 7.43. The molecule has 0 amide bonds. The lowest BCUT2D eigenvalue weighted by Crippen LogP contribution is -2.39. The molecule has 2 aromatic carbocycles. The number of rotatable bonds is 10. The SMILES string of the molecule is CNc1nc(C)c([C@H](OC(C)(C)C)C(=O)O)c(N2CCC(C)(C)CC2)c1-c1ccc(OCCc2ccc(F)cc2)cc1. The first-order chi connectivity index (χ1) is 19.8. The van der Waals surface area contributed by atoms with E-state index in [9.17, 15) is 14.3 Å². The summed E-state index contributed by atoms with van der Waals surface area (Å²) in [6.45, 7) is 14.1. The van der Waals surface area contributed by atoms with E-state index < -0.39 is 17.7 Å². The highest BCUT2D eigenvalue weighted by molar-refractivity contribution is 5.92. The van der Waals surface area contributed by atoms with Crippen LogP contribution in [0.1, 0.15) is 70.4 Å². The fourth-order valence-corrected chi connectivity index (χ4v) is 5.38. The number of aryl methyl sites for hydroxylation is 1. The van der Waals surface area contributed by atoms with Crippen molar-refractivity contribution in [3.8, 4) is 16.9 Å². The Morgan fingerprint density at radius 3 is 2.26 bits per heavy atom. The average Bonchev–Trinajstić information content (AvgIpc) is 2.92. The first kappa shape index (κ1) is 31.3. The molecule has 0 bridgehead atoms. The smallest absolute Gasteiger partial charge is 0.337 e. The number of carboxylic acid groups (broad SMARTS) is 1. The van der Waals surface area contributed by atoms with Crippen molar-refractivity contribution < 1.29 is 23.8 Å². The van der Waals surface area contributed by atoms with Gasteiger partial charge in [-0.15, -0.1) is 0 Å². The number of carbonyl (C=O) groups is 1. The van der Waals surface area contributed by atoms with Gasteiger partial charge in [0.25, 0.3) is 0 Å². The highest BCUT2D eigenvalue weighted by atomic mass is 19.1. The number of carboxylic acids is 1. The van der Waals surface area contributed by atoms with E-state index >= 15 is 0 Å². The molecule has 0 saturated carbocycles. The summed E-state index contributed by atoms with van der Waals surface area (Å²) < 4.78 is 25.4. The van der Waals surface area contributed by atoms with Gasteiger partial charge in [0.1, 0.15) is 17.4 Å². The molecule has 7 nitrogen and oxygen atoms in total. The lowest BCUT2D eigenvalue weighted by molar-refractivity contribution is -0.160. The molecule has 42 heavy (non-hydrogen) atoms. The monoisotopic (exact) mass is 577 g/mol. The van der Waals surface area contributed by atoms with Crippen molar-refractivity contribution in [2.24, 2.45) is 5.41 Å². The molecule has 1 aliphatic rings. The highest BCUT2D eigenvalue weighted by Gasteiger charge is 2.36. The van der Waals surface area contributed by atoms with Gasteiger partial charge in [0.2, 0.25) is 0 Å². The quantitative estimate of drug-likeness (QED) is 0.259.